The first-order chi connectivity index (χ1) is 8.55. The molecule has 2 atom stereocenters. The van der Waals surface area contributed by atoms with Gasteiger partial charge in [-0.15, -0.1) is 0 Å². The van der Waals surface area contributed by atoms with Gasteiger partial charge in [-0.05, 0) is 51.4 Å². The molecule has 0 aliphatic rings. The molecule has 0 amide bonds. The average molecular weight is 253 g/mol. The van der Waals surface area contributed by atoms with E-state index in [1.165, 1.54) is 12.1 Å². The Morgan fingerprint density at radius 3 is 2.33 bits per heavy atom. The highest BCUT2D eigenvalue weighted by Gasteiger charge is 2.32. The van der Waals surface area contributed by atoms with Gasteiger partial charge in [-0.25, -0.2) is 4.39 Å². The van der Waals surface area contributed by atoms with Crippen molar-refractivity contribution in [2.45, 2.75) is 45.3 Å². The summed E-state index contributed by atoms with van der Waals surface area (Å²) in [5, 5.41) is 3.32. The van der Waals surface area contributed by atoms with Crippen molar-refractivity contribution in [3.8, 4) is 0 Å². The number of hydrogen-bond donors (Lipinski definition) is 1. The fourth-order valence-corrected chi connectivity index (χ4v) is 2.26. The van der Waals surface area contributed by atoms with E-state index in [0.29, 0.717) is 6.61 Å². The van der Waals surface area contributed by atoms with Crippen LogP contribution in [0.1, 0.15) is 32.8 Å². The molecule has 2 unspecified atom stereocenters. The van der Waals surface area contributed by atoms with Crippen LogP contribution in [0.5, 0.6) is 0 Å². The zero-order valence-electron chi connectivity index (χ0n) is 11.8. The van der Waals surface area contributed by atoms with Gasteiger partial charge in [0.1, 0.15) is 5.82 Å². The van der Waals surface area contributed by atoms with Gasteiger partial charge >= 0.3 is 0 Å². The molecule has 0 heterocycles. The van der Waals surface area contributed by atoms with E-state index in [-0.39, 0.29) is 17.5 Å². The molecule has 1 aromatic carbocycles. The van der Waals surface area contributed by atoms with Gasteiger partial charge in [-0.3, -0.25) is 0 Å². The maximum Gasteiger partial charge on any atom is 0.123 e. The summed E-state index contributed by atoms with van der Waals surface area (Å²) in [6, 6.07) is 6.90. The molecule has 0 aliphatic heterocycles. The van der Waals surface area contributed by atoms with Crippen molar-refractivity contribution in [3.05, 3.63) is 35.6 Å². The summed E-state index contributed by atoms with van der Waals surface area (Å²) in [6.07, 6.45) is 1.77. The monoisotopic (exact) mass is 253 g/mol. The van der Waals surface area contributed by atoms with E-state index < -0.39 is 0 Å². The molecule has 0 spiro atoms. The fourth-order valence-electron chi connectivity index (χ4n) is 2.26. The molecule has 0 fully saturated rings. The van der Waals surface area contributed by atoms with Gasteiger partial charge in [0, 0.05) is 12.6 Å². The predicted octanol–water partition coefficient (Wildman–Crippen LogP) is 3.16. The first-order valence-electron chi connectivity index (χ1n) is 6.61. The number of nitrogens with one attached hydrogen (secondary N) is 1. The second kappa shape index (κ2) is 6.86. The van der Waals surface area contributed by atoms with Crippen molar-refractivity contribution in [1.29, 1.82) is 0 Å². The highest BCUT2D eigenvalue weighted by molar-refractivity contribution is 5.18. The van der Waals surface area contributed by atoms with Crippen LogP contribution in [-0.2, 0) is 11.2 Å². The molecular weight excluding hydrogens is 229 g/mol. The van der Waals surface area contributed by atoms with E-state index in [9.17, 15) is 4.39 Å². The normalized spacial score (nSPS) is 16.3. The van der Waals surface area contributed by atoms with E-state index >= 15 is 0 Å². The molecule has 1 N–H and O–H groups in total. The Hall–Kier alpha value is -0.930. The molecule has 18 heavy (non-hydrogen) atoms. The van der Waals surface area contributed by atoms with Crippen molar-refractivity contribution >= 4 is 0 Å². The Labute approximate surface area is 110 Å². The smallest absolute Gasteiger partial charge is 0.123 e. The van der Waals surface area contributed by atoms with Gasteiger partial charge in [0.05, 0.1) is 5.60 Å². The van der Waals surface area contributed by atoms with E-state index in [1.54, 1.807) is 0 Å². The minimum atomic E-state index is -0.197. The number of halogens is 1. The summed E-state index contributed by atoms with van der Waals surface area (Å²) in [5.74, 6) is -0.192. The zero-order valence-corrected chi connectivity index (χ0v) is 11.8. The molecule has 0 aromatic heterocycles. The van der Waals surface area contributed by atoms with Crippen molar-refractivity contribution < 1.29 is 9.13 Å². The standard InChI is InChI=1S/C15H24FNO/c1-5-15(3,18-6-2)14(17-4)11-12-7-9-13(16)10-8-12/h7-10,14,17H,5-6,11H2,1-4H3. The number of benzene rings is 1. The lowest BCUT2D eigenvalue weighted by atomic mass is 9.88. The van der Waals surface area contributed by atoms with Crippen LogP contribution in [0.15, 0.2) is 24.3 Å². The second-order valence-corrected chi connectivity index (χ2v) is 4.77. The van der Waals surface area contributed by atoms with Crippen LogP contribution in [0.2, 0.25) is 0 Å². The lowest BCUT2D eigenvalue weighted by molar-refractivity contribution is -0.0534. The summed E-state index contributed by atoms with van der Waals surface area (Å²) in [6.45, 7) is 6.97. The van der Waals surface area contributed by atoms with Gasteiger partial charge in [-0.1, -0.05) is 19.1 Å². The van der Waals surface area contributed by atoms with Crippen molar-refractivity contribution in [3.63, 3.8) is 0 Å². The zero-order chi connectivity index (χ0) is 13.6. The summed E-state index contributed by atoms with van der Waals surface area (Å²) in [7, 11) is 1.95. The van der Waals surface area contributed by atoms with Gasteiger partial charge in [-0.2, -0.15) is 0 Å². The van der Waals surface area contributed by atoms with E-state index in [1.807, 2.05) is 26.1 Å². The minimum Gasteiger partial charge on any atom is -0.374 e. The molecule has 1 aromatic rings. The number of hydrogen-bond acceptors (Lipinski definition) is 2. The van der Waals surface area contributed by atoms with E-state index in [2.05, 4.69) is 19.2 Å². The Balaban J connectivity index is 2.79. The largest absolute Gasteiger partial charge is 0.374 e. The molecule has 0 bridgehead atoms. The highest BCUT2D eigenvalue weighted by Crippen LogP contribution is 2.23. The minimum absolute atomic E-state index is 0.192. The van der Waals surface area contributed by atoms with Crippen molar-refractivity contribution in [2.24, 2.45) is 0 Å². The van der Waals surface area contributed by atoms with Gasteiger partial charge in [0.2, 0.25) is 0 Å². The molecule has 2 nitrogen and oxygen atoms in total. The highest BCUT2D eigenvalue weighted by atomic mass is 19.1. The molecule has 0 radical (unpaired) electrons. The molecule has 3 heteroatoms. The number of likely N-dealkylation sites (N-methyl/N-ethyl adjacent to an activating group) is 1. The molecule has 0 saturated carbocycles. The topological polar surface area (TPSA) is 21.3 Å². The lowest BCUT2D eigenvalue weighted by Crippen LogP contribution is -2.50. The summed E-state index contributed by atoms with van der Waals surface area (Å²) in [5.41, 5.74) is 0.924. The van der Waals surface area contributed by atoms with Crippen LogP contribution in [0.3, 0.4) is 0 Å². The third-order valence-electron chi connectivity index (χ3n) is 3.61. The van der Waals surface area contributed by atoms with Crippen LogP contribution in [0, 0.1) is 5.82 Å². The predicted molar refractivity (Wildman–Crippen MR) is 73.3 cm³/mol. The quantitative estimate of drug-likeness (QED) is 0.806. The van der Waals surface area contributed by atoms with Crippen LogP contribution in [-0.4, -0.2) is 25.3 Å². The van der Waals surface area contributed by atoms with Crippen LogP contribution in [0.4, 0.5) is 4.39 Å². The van der Waals surface area contributed by atoms with Gasteiger partial charge in [0.15, 0.2) is 0 Å². The number of rotatable bonds is 7. The molecule has 1 rings (SSSR count). The average Bonchev–Trinajstić information content (AvgIpc) is 2.38. The SMILES string of the molecule is CCOC(C)(CC)C(Cc1ccc(F)cc1)NC. The van der Waals surface area contributed by atoms with E-state index in [4.69, 9.17) is 4.74 Å². The summed E-state index contributed by atoms with van der Waals surface area (Å²) in [4.78, 5) is 0. The first-order valence-corrected chi connectivity index (χ1v) is 6.61. The molecule has 0 aliphatic carbocycles. The fraction of sp³-hybridized carbons (Fsp3) is 0.600. The Morgan fingerprint density at radius 1 is 1.28 bits per heavy atom. The third kappa shape index (κ3) is 3.79. The Bertz CT molecular complexity index is 352. The van der Waals surface area contributed by atoms with Crippen LogP contribution in [0.25, 0.3) is 0 Å². The van der Waals surface area contributed by atoms with E-state index in [0.717, 1.165) is 18.4 Å². The van der Waals surface area contributed by atoms with Crippen LogP contribution < -0.4 is 5.32 Å². The first kappa shape index (κ1) is 15.1. The number of ether oxygens (including phenoxy) is 1. The van der Waals surface area contributed by atoms with Gasteiger partial charge < -0.3 is 10.1 Å². The van der Waals surface area contributed by atoms with Crippen molar-refractivity contribution in [1.82, 2.24) is 5.32 Å². The summed E-state index contributed by atoms with van der Waals surface area (Å²) < 4.78 is 18.8. The lowest BCUT2D eigenvalue weighted by Gasteiger charge is -2.37. The molecule has 0 saturated heterocycles. The molecular formula is C15H24FNO. The Morgan fingerprint density at radius 2 is 1.89 bits per heavy atom. The van der Waals surface area contributed by atoms with Crippen molar-refractivity contribution in [2.75, 3.05) is 13.7 Å². The summed E-state index contributed by atoms with van der Waals surface area (Å²) >= 11 is 0. The van der Waals surface area contributed by atoms with Crippen LogP contribution >= 0.6 is 0 Å². The third-order valence-corrected chi connectivity index (χ3v) is 3.61. The second-order valence-electron chi connectivity index (χ2n) is 4.77. The van der Waals surface area contributed by atoms with Gasteiger partial charge in [0.25, 0.3) is 0 Å². The maximum atomic E-state index is 12.9. The molecule has 102 valence electrons. The maximum absolute atomic E-state index is 12.9. The Kier molecular flexibility index (Phi) is 5.76.